The molecule has 0 aliphatic carbocycles. The molecule has 1 nitrogen and oxygen atoms in total. The monoisotopic (exact) mass is 187 g/mol. The maximum atomic E-state index is 4.31. The van der Waals surface area contributed by atoms with Gasteiger partial charge in [-0.05, 0) is 23.5 Å². The maximum Gasteiger partial charge on any atom is 0.00150 e. The van der Waals surface area contributed by atoms with Gasteiger partial charge in [0, 0.05) is 19.6 Å². The van der Waals surface area contributed by atoms with Crippen LogP contribution in [0.1, 0.15) is 20.8 Å². The minimum Gasteiger partial charge on any atom is -0.302 e. The van der Waals surface area contributed by atoms with Gasteiger partial charge in [-0.2, -0.15) is 12.6 Å². The number of hydrogen-bond acceptors (Lipinski definition) is 2. The highest BCUT2D eigenvalue weighted by molar-refractivity contribution is 7.80. The van der Waals surface area contributed by atoms with Crippen LogP contribution in [0.25, 0.3) is 0 Å². The minimum absolute atomic E-state index is 0.742. The fraction of sp³-hybridized carbons (Fsp3) is 1.00. The highest BCUT2D eigenvalue weighted by atomic mass is 32.1. The van der Waals surface area contributed by atoms with E-state index < -0.39 is 0 Å². The summed E-state index contributed by atoms with van der Waals surface area (Å²) >= 11 is 4.31. The predicted octanol–water partition coefficient (Wildman–Crippen LogP) is 2.14. The number of nitrogens with zero attached hydrogens (tertiary/aromatic N) is 1. The number of likely N-dealkylation sites (tertiary alicyclic amines) is 1. The van der Waals surface area contributed by atoms with E-state index in [1.165, 1.54) is 19.6 Å². The highest BCUT2D eigenvalue weighted by Gasteiger charge is 2.26. The Labute approximate surface area is 81.9 Å². The molecule has 0 aromatic rings. The third kappa shape index (κ3) is 2.67. The van der Waals surface area contributed by atoms with Crippen molar-refractivity contribution in [3.63, 3.8) is 0 Å². The number of hydrogen-bond donors (Lipinski definition) is 1. The predicted molar refractivity (Wildman–Crippen MR) is 57.8 cm³/mol. The molecule has 1 heterocycles. The van der Waals surface area contributed by atoms with Crippen LogP contribution < -0.4 is 0 Å². The first-order valence-corrected chi connectivity index (χ1v) is 5.60. The van der Waals surface area contributed by atoms with Gasteiger partial charge in [-0.25, -0.2) is 0 Å². The first-order valence-electron chi connectivity index (χ1n) is 4.96. The van der Waals surface area contributed by atoms with Gasteiger partial charge in [-0.15, -0.1) is 0 Å². The van der Waals surface area contributed by atoms with Crippen LogP contribution in [0.15, 0.2) is 0 Å². The fourth-order valence-electron chi connectivity index (χ4n) is 1.90. The van der Waals surface area contributed by atoms with Crippen LogP contribution in [0.3, 0.4) is 0 Å². The van der Waals surface area contributed by atoms with Gasteiger partial charge in [0.25, 0.3) is 0 Å². The Morgan fingerprint density at radius 3 is 2.25 bits per heavy atom. The summed E-state index contributed by atoms with van der Waals surface area (Å²) in [6, 6.07) is 0. The summed E-state index contributed by atoms with van der Waals surface area (Å²) in [6.45, 7) is 10.8. The molecule has 0 radical (unpaired) electrons. The molecule has 12 heavy (non-hydrogen) atoms. The van der Waals surface area contributed by atoms with Crippen molar-refractivity contribution in [2.24, 2.45) is 17.8 Å². The minimum atomic E-state index is 0.742. The van der Waals surface area contributed by atoms with E-state index in [1.54, 1.807) is 0 Å². The Bertz CT molecular complexity index is 128. The first kappa shape index (κ1) is 10.4. The summed E-state index contributed by atoms with van der Waals surface area (Å²) < 4.78 is 0. The smallest absolute Gasteiger partial charge is 0.00150 e. The van der Waals surface area contributed by atoms with Crippen LogP contribution in [-0.2, 0) is 0 Å². The van der Waals surface area contributed by atoms with Crippen molar-refractivity contribution in [1.29, 1.82) is 0 Å². The van der Waals surface area contributed by atoms with E-state index in [9.17, 15) is 0 Å². The van der Waals surface area contributed by atoms with Crippen LogP contribution in [0, 0.1) is 17.8 Å². The van der Waals surface area contributed by atoms with Crippen LogP contribution in [0.5, 0.6) is 0 Å². The van der Waals surface area contributed by atoms with E-state index in [4.69, 9.17) is 0 Å². The van der Waals surface area contributed by atoms with Gasteiger partial charge in [-0.1, -0.05) is 20.8 Å². The molecule has 1 aliphatic rings. The van der Waals surface area contributed by atoms with Crippen molar-refractivity contribution in [1.82, 2.24) is 4.90 Å². The zero-order valence-corrected chi connectivity index (χ0v) is 9.35. The van der Waals surface area contributed by atoms with E-state index in [1.807, 2.05) is 0 Å². The largest absolute Gasteiger partial charge is 0.302 e. The van der Waals surface area contributed by atoms with E-state index >= 15 is 0 Å². The van der Waals surface area contributed by atoms with Gasteiger partial charge in [0.05, 0.1) is 0 Å². The molecule has 3 atom stereocenters. The summed E-state index contributed by atoms with van der Waals surface area (Å²) in [5.41, 5.74) is 0. The Balaban J connectivity index is 2.27. The van der Waals surface area contributed by atoms with E-state index in [2.05, 4.69) is 38.3 Å². The molecule has 0 bridgehead atoms. The lowest BCUT2D eigenvalue weighted by molar-refractivity contribution is 0.288. The second kappa shape index (κ2) is 4.52. The molecule has 72 valence electrons. The summed E-state index contributed by atoms with van der Waals surface area (Å²) in [7, 11) is 0. The van der Waals surface area contributed by atoms with Gasteiger partial charge >= 0.3 is 0 Å². The molecule has 0 aromatic heterocycles. The van der Waals surface area contributed by atoms with Gasteiger partial charge in [0.15, 0.2) is 0 Å². The van der Waals surface area contributed by atoms with Gasteiger partial charge < -0.3 is 4.90 Å². The Hall–Kier alpha value is 0.310. The first-order chi connectivity index (χ1) is 5.63. The molecule has 1 fully saturated rings. The van der Waals surface area contributed by atoms with E-state index in [0.29, 0.717) is 0 Å². The Kier molecular flexibility index (Phi) is 3.91. The zero-order chi connectivity index (χ0) is 9.14. The van der Waals surface area contributed by atoms with Crippen LogP contribution in [0.2, 0.25) is 0 Å². The summed E-state index contributed by atoms with van der Waals surface area (Å²) in [5, 5.41) is 0. The quantitative estimate of drug-likeness (QED) is 0.663. The zero-order valence-electron chi connectivity index (χ0n) is 8.45. The molecule has 1 rings (SSSR count). The molecular weight excluding hydrogens is 166 g/mol. The molecule has 2 heteroatoms. The third-order valence-electron chi connectivity index (χ3n) is 2.95. The molecule has 3 unspecified atom stereocenters. The number of thiol groups is 1. The lowest BCUT2D eigenvalue weighted by atomic mass is 10.0. The lowest BCUT2D eigenvalue weighted by Gasteiger charge is -2.19. The molecule has 0 saturated carbocycles. The van der Waals surface area contributed by atoms with Crippen LogP contribution in [-0.4, -0.2) is 30.3 Å². The van der Waals surface area contributed by atoms with E-state index in [0.717, 1.165) is 23.5 Å². The van der Waals surface area contributed by atoms with Gasteiger partial charge in [0.1, 0.15) is 0 Å². The van der Waals surface area contributed by atoms with Crippen molar-refractivity contribution < 1.29 is 0 Å². The van der Waals surface area contributed by atoms with Crippen molar-refractivity contribution in [2.45, 2.75) is 20.8 Å². The van der Waals surface area contributed by atoms with Crippen molar-refractivity contribution in [3.8, 4) is 0 Å². The molecule has 0 amide bonds. The average molecular weight is 187 g/mol. The average Bonchev–Trinajstić information content (AvgIpc) is 2.31. The van der Waals surface area contributed by atoms with Crippen molar-refractivity contribution in [3.05, 3.63) is 0 Å². The highest BCUT2D eigenvalue weighted by Crippen LogP contribution is 2.22. The van der Waals surface area contributed by atoms with Crippen molar-refractivity contribution >= 4 is 12.6 Å². The van der Waals surface area contributed by atoms with Crippen LogP contribution >= 0.6 is 12.6 Å². The molecule has 0 aromatic carbocycles. The summed E-state index contributed by atoms with van der Waals surface area (Å²) in [5.74, 6) is 3.53. The van der Waals surface area contributed by atoms with Crippen molar-refractivity contribution in [2.75, 3.05) is 25.4 Å². The Morgan fingerprint density at radius 1 is 1.33 bits per heavy atom. The maximum absolute atomic E-state index is 4.31. The second-order valence-electron chi connectivity index (χ2n) is 4.46. The number of rotatable bonds is 3. The summed E-state index contributed by atoms with van der Waals surface area (Å²) in [6.07, 6.45) is 0. The molecule has 0 spiro atoms. The molecule has 0 N–H and O–H groups in total. The molecular formula is C10H21NS. The standard InChI is InChI=1S/C10H21NS/c1-8(7-12)4-11-5-9(2)10(3)6-11/h8-10,12H,4-7H2,1-3H3. The fourth-order valence-corrected chi connectivity index (χ4v) is 2.01. The Morgan fingerprint density at radius 2 is 1.83 bits per heavy atom. The van der Waals surface area contributed by atoms with Gasteiger partial charge in [-0.3, -0.25) is 0 Å². The normalized spacial score (nSPS) is 34.0. The topological polar surface area (TPSA) is 3.24 Å². The molecule has 1 aliphatic heterocycles. The van der Waals surface area contributed by atoms with Crippen LogP contribution in [0.4, 0.5) is 0 Å². The van der Waals surface area contributed by atoms with Gasteiger partial charge in [0.2, 0.25) is 0 Å². The summed E-state index contributed by atoms with van der Waals surface area (Å²) in [4.78, 5) is 2.58. The van der Waals surface area contributed by atoms with E-state index in [-0.39, 0.29) is 0 Å². The second-order valence-corrected chi connectivity index (χ2v) is 4.83. The SMILES string of the molecule is CC(CS)CN1CC(C)C(C)C1. The third-order valence-corrected chi connectivity index (χ3v) is 3.57. The molecule has 1 saturated heterocycles. The lowest BCUT2D eigenvalue weighted by Crippen LogP contribution is -2.27.